The van der Waals surface area contributed by atoms with E-state index in [0.29, 0.717) is 30.2 Å². The van der Waals surface area contributed by atoms with Gasteiger partial charge in [0.2, 0.25) is 0 Å². The normalized spacial score (nSPS) is 13.8. The van der Waals surface area contributed by atoms with Crippen LogP contribution in [0.2, 0.25) is 0 Å². The van der Waals surface area contributed by atoms with Crippen LogP contribution in [-0.4, -0.2) is 54.3 Å². The quantitative estimate of drug-likeness (QED) is 0.703. The van der Waals surface area contributed by atoms with Crippen LogP contribution in [0.25, 0.3) is 0 Å². The van der Waals surface area contributed by atoms with E-state index in [0.717, 1.165) is 24.6 Å². The van der Waals surface area contributed by atoms with E-state index in [1.54, 1.807) is 13.2 Å². The zero-order valence-corrected chi connectivity index (χ0v) is 17.2. The Morgan fingerprint density at radius 3 is 2.40 bits per heavy atom. The van der Waals surface area contributed by atoms with Crippen molar-refractivity contribution in [2.45, 2.75) is 6.92 Å². The summed E-state index contributed by atoms with van der Waals surface area (Å²) in [5, 5.41) is 11.9. The second-order valence-electron chi connectivity index (χ2n) is 7.28. The molecule has 1 aliphatic rings. The van der Waals surface area contributed by atoms with Crippen molar-refractivity contribution in [3.8, 4) is 5.75 Å². The lowest BCUT2D eigenvalue weighted by molar-refractivity contribution is 0.0746. The molecule has 0 bridgehead atoms. The van der Waals surface area contributed by atoms with Crippen molar-refractivity contribution in [2.75, 3.05) is 43.5 Å². The summed E-state index contributed by atoms with van der Waals surface area (Å²) in [6, 6.07) is 19.3. The van der Waals surface area contributed by atoms with Gasteiger partial charge in [-0.25, -0.2) is 0 Å². The van der Waals surface area contributed by atoms with E-state index in [2.05, 4.69) is 39.5 Å². The number of ether oxygens (including phenoxy) is 1. The van der Waals surface area contributed by atoms with E-state index >= 15 is 0 Å². The van der Waals surface area contributed by atoms with Crippen molar-refractivity contribution < 1.29 is 9.53 Å². The summed E-state index contributed by atoms with van der Waals surface area (Å²) >= 11 is 0. The molecule has 1 saturated heterocycles. The summed E-state index contributed by atoms with van der Waals surface area (Å²) in [7, 11) is 1.60. The molecule has 2 aromatic carbocycles. The van der Waals surface area contributed by atoms with Gasteiger partial charge in [0, 0.05) is 37.4 Å². The van der Waals surface area contributed by atoms with E-state index in [1.807, 2.05) is 47.4 Å². The lowest BCUT2D eigenvalue weighted by Gasteiger charge is -2.35. The molecule has 30 heavy (non-hydrogen) atoms. The minimum absolute atomic E-state index is 0.0253. The number of nitrogens with zero attached hydrogens (tertiary/aromatic N) is 4. The van der Waals surface area contributed by atoms with Crippen LogP contribution < -0.4 is 15.0 Å². The van der Waals surface area contributed by atoms with Crippen molar-refractivity contribution >= 4 is 23.2 Å². The van der Waals surface area contributed by atoms with Crippen molar-refractivity contribution in [3.05, 3.63) is 71.8 Å². The summed E-state index contributed by atoms with van der Waals surface area (Å²) in [6.07, 6.45) is 0. The molecule has 154 valence electrons. The Morgan fingerprint density at radius 2 is 1.73 bits per heavy atom. The van der Waals surface area contributed by atoms with E-state index < -0.39 is 0 Å². The number of amides is 1. The Bertz CT molecular complexity index is 997. The van der Waals surface area contributed by atoms with Crippen LogP contribution in [0.15, 0.2) is 60.7 Å². The van der Waals surface area contributed by atoms with E-state index in [1.165, 1.54) is 5.56 Å². The lowest BCUT2D eigenvalue weighted by atomic mass is 10.1. The fraction of sp³-hybridized carbons (Fsp3) is 0.261. The summed E-state index contributed by atoms with van der Waals surface area (Å²) in [5.74, 6) is 2.23. The number of anilines is 3. The van der Waals surface area contributed by atoms with Gasteiger partial charge >= 0.3 is 0 Å². The fourth-order valence-electron chi connectivity index (χ4n) is 3.42. The van der Waals surface area contributed by atoms with Crippen molar-refractivity contribution in [1.29, 1.82) is 0 Å². The first kappa shape index (κ1) is 19.7. The van der Waals surface area contributed by atoms with Gasteiger partial charge in [-0.05, 0) is 49.4 Å². The molecule has 0 spiro atoms. The van der Waals surface area contributed by atoms with Crippen LogP contribution in [0.5, 0.6) is 5.75 Å². The summed E-state index contributed by atoms with van der Waals surface area (Å²) in [5.41, 5.74) is 2.84. The Balaban J connectivity index is 1.34. The minimum atomic E-state index is 0.0253. The molecule has 0 atom stereocenters. The molecule has 1 amide bonds. The standard InChI is InChI=1S/C23H25N5O2/c1-17-6-8-19(9-7-17)24-21-10-11-22(26-25-21)27-12-14-28(15-13-27)23(29)18-4-3-5-20(16-18)30-2/h3-11,16H,12-15H2,1-2H3,(H,24,25). The molecule has 0 aliphatic carbocycles. The van der Waals surface area contributed by atoms with E-state index in [4.69, 9.17) is 4.74 Å². The maximum Gasteiger partial charge on any atom is 0.254 e. The number of rotatable bonds is 5. The van der Waals surface area contributed by atoms with Gasteiger partial charge in [0.15, 0.2) is 11.6 Å². The molecule has 0 radical (unpaired) electrons. The van der Waals surface area contributed by atoms with Crippen LogP contribution in [0.4, 0.5) is 17.3 Å². The zero-order chi connectivity index (χ0) is 20.9. The molecule has 2 heterocycles. The zero-order valence-electron chi connectivity index (χ0n) is 17.2. The van der Waals surface area contributed by atoms with Crippen LogP contribution in [0, 0.1) is 6.92 Å². The summed E-state index contributed by atoms with van der Waals surface area (Å²) < 4.78 is 5.22. The maximum atomic E-state index is 12.8. The predicted molar refractivity (Wildman–Crippen MR) is 118 cm³/mol. The average molecular weight is 403 g/mol. The largest absolute Gasteiger partial charge is 0.497 e. The number of piperazine rings is 1. The minimum Gasteiger partial charge on any atom is -0.497 e. The first-order valence-corrected chi connectivity index (χ1v) is 9.98. The van der Waals surface area contributed by atoms with Crippen molar-refractivity contribution in [1.82, 2.24) is 15.1 Å². The number of carbonyl (C=O) groups is 1. The Labute approximate surface area is 176 Å². The molecule has 4 rings (SSSR count). The van der Waals surface area contributed by atoms with Gasteiger partial charge in [0.25, 0.3) is 5.91 Å². The van der Waals surface area contributed by atoms with Crippen molar-refractivity contribution in [3.63, 3.8) is 0 Å². The fourth-order valence-corrected chi connectivity index (χ4v) is 3.42. The molecule has 1 aliphatic heterocycles. The smallest absolute Gasteiger partial charge is 0.254 e. The topological polar surface area (TPSA) is 70.6 Å². The monoisotopic (exact) mass is 403 g/mol. The molecule has 1 N–H and O–H groups in total. The predicted octanol–water partition coefficient (Wildman–Crippen LogP) is 3.50. The van der Waals surface area contributed by atoms with Gasteiger partial charge in [-0.2, -0.15) is 0 Å². The van der Waals surface area contributed by atoms with Gasteiger partial charge in [-0.3, -0.25) is 4.79 Å². The molecule has 0 saturated carbocycles. The maximum absolute atomic E-state index is 12.8. The SMILES string of the molecule is COc1cccc(C(=O)N2CCN(c3ccc(Nc4ccc(C)cc4)nn3)CC2)c1. The number of aryl methyl sites for hydroxylation is 1. The van der Waals surface area contributed by atoms with E-state index in [-0.39, 0.29) is 5.91 Å². The van der Waals surface area contributed by atoms with Crippen molar-refractivity contribution in [2.24, 2.45) is 0 Å². The van der Waals surface area contributed by atoms with E-state index in [9.17, 15) is 4.79 Å². The summed E-state index contributed by atoms with van der Waals surface area (Å²) in [6.45, 7) is 4.77. The number of aromatic nitrogens is 2. The first-order chi connectivity index (χ1) is 14.6. The highest BCUT2D eigenvalue weighted by atomic mass is 16.5. The first-order valence-electron chi connectivity index (χ1n) is 9.98. The van der Waals surface area contributed by atoms with Gasteiger partial charge in [0.1, 0.15) is 5.75 Å². The average Bonchev–Trinajstić information content (AvgIpc) is 2.81. The van der Waals surface area contributed by atoms with Gasteiger partial charge in [-0.1, -0.05) is 23.8 Å². The third-order valence-corrected chi connectivity index (χ3v) is 5.18. The molecular weight excluding hydrogens is 378 g/mol. The summed E-state index contributed by atoms with van der Waals surface area (Å²) in [4.78, 5) is 16.8. The van der Waals surface area contributed by atoms with Crippen LogP contribution >= 0.6 is 0 Å². The number of methoxy groups -OCH3 is 1. The Morgan fingerprint density at radius 1 is 0.967 bits per heavy atom. The van der Waals surface area contributed by atoms with Crippen LogP contribution in [0.1, 0.15) is 15.9 Å². The van der Waals surface area contributed by atoms with Crippen LogP contribution in [-0.2, 0) is 0 Å². The molecule has 7 heteroatoms. The highest BCUT2D eigenvalue weighted by Crippen LogP contribution is 2.19. The third kappa shape index (κ3) is 4.51. The molecule has 1 aromatic heterocycles. The number of hydrogen-bond donors (Lipinski definition) is 1. The third-order valence-electron chi connectivity index (χ3n) is 5.18. The molecule has 0 unspecified atom stereocenters. The lowest BCUT2D eigenvalue weighted by Crippen LogP contribution is -2.49. The van der Waals surface area contributed by atoms with Gasteiger partial charge in [-0.15, -0.1) is 10.2 Å². The number of benzene rings is 2. The number of hydrogen-bond acceptors (Lipinski definition) is 6. The van der Waals surface area contributed by atoms with Crippen LogP contribution in [0.3, 0.4) is 0 Å². The van der Waals surface area contributed by atoms with Gasteiger partial charge in [0.05, 0.1) is 7.11 Å². The Hall–Kier alpha value is -3.61. The Kier molecular flexibility index (Phi) is 5.79. The molecule has 3 aromatic rings. The number of carbonyl (C=O) groups excluding carboxylic acids is 1. The molecule has 7 nitrogen and oxygen atoms in total. The highest BCUT2D eigenvalue weighted by molar-refractivity contribution is 5.94. The second-order valence-corrected chi connectivity index (χ2v) is 7.28. The highest BCUT2D eigenvalue weighted by Gasteiger charge is 2.23. The number of nitrogens with one attached hydrogen (secondary N) is 1. The second kappa shape index (κ2) is 8.82. The molecule has 1 fully saturated rings. The van der Waals surface area contributed by atoms with Gasteiger partial charge < -0.3 is 19.9 Å². The molecular formula is C23H25N5O2.